The largest absolute Gasteiger partial charge is 0.494 e. The second kappa shape index (κ2) is 10.8. The minimum atomic E-state index is -0.299. The summed E-state index contributed by atoms with van der Waals surface area (Å²) < 4.78 is 24.1. The number of carbonyl (C=O) groups excluding carboxylic acids is 1. The molecule has 0 bridgehead atoms. The Hall–Kier alpha value is -3.67. The number of halogens is 1. The number of amides is 1. The zero-order valence-corrected chi connectivity index (χ0v) is 16.7. The molecule has 0 aliphatic heterocycles. The van der Waals surface area contributed by atoms with Crippen LogP contribution < -0.4 is 14.9 Å². The summed E-state index contributed by atoms with van der Waals surface area (Å²) in [7, 11) is 0. The molecule has 0 atom stereocenters. The maximum atomic E-state index is 12.9. The molecule has 3 rings (SSSR count). The molecule has 0 aromatic heterocycles. The molecule has 0 unspecified atom stereocenters. The van der Waals surface area contributed by atoms with Gasteiger partial charge in [0.05, 0.1) is 12.8 Å². The summed E-state index contributed by atoms with van der Waals surface area (Å²) in [5.41, 5.74) is 4.70. The van der Waals surface area contributed by atoms with Crippen LogP contribution >= 0.6 is 0 Å². The minimum Gasteiger partial charge on any atom is -0.494 e. The third-order valence-corrected chi connectivity index (χ3v) is 4.17. The van der Waals surface area contributed by atoms with E-state index in [-0.39, 0.29) is 11.7 Å². The first-order chi connectivity index (χ1) is 14.6. The van der Waals surface area contributed by atoms with Crippen molar-refractivity contribution >= 4 is 12.1 Å². The Labute approximate surface area is 175 Å². The molecule has 0 spiro atoms. The molecule has 0 aliphatic carbocycles. The number of carbonyl (C=O) groups is 1. The van der Waals surface area contributed by atoms with Crippen molar-refractivity contribution < 1.29 is 18.7 Å². The SMILES string of the molecule is CCCOc1ccc(C(=O)N/N=C\c2ccc(OCc3ccc(F)cc3)cc2)cc1. The average Bonchev–Trinajstić information content (AvgIpc) is 2.78. The van der Waals surface area contributed by atoms with Crippen molar-refractivity contribution in [3.05, 3.63) is 95.3 Å². The Kier molecular flexibility index (Phi) is 7.55. The van der Waals surface area contributed by atoms with Gasteiger partial charge in [-0.15, -0.1) is 0 Å². The topological polar surface area (TPSA) is 59.9 Å². The zero-order valence-electron chi connectivity index (χ0n) is 16.7. The van der Waals surface area contributed by atoms with E-state index in [1.807, 2.05) is 31.2 Å². The zero-order chi connectivity index (χ0) is 21.2. The van der Waals surface area contributed by atoms with Crippen LogP contribution in [0.25, 0.3) is 0 Å². The van der Waals surface area contributed by atoms with Crippen LogP contribution in [0.4, 0.5) is 4.39 Å². The molecule has 0 aliphatic rings. The van der Waals surface area contributed by atoms with Crippen molar-refractivity contribution in [3.8, 4) is 11.5 Å². The molecule has 0 heterocycles. The molecule has 0 saturated carbocycles. The van der Waals surface area contributed by atoms with Crippen LogP contribution in [0.15, 0.2) is 77.9 Å². The highest BCUT2D eigenvalue weighted by Crippen LogP contribution is 2.14. The van der Waals surface area contributed by atoms with Crippen LogP contribution in [0.2, 0.25) is 0 Å². The van der Waals surface area contributed by atoms with Crippen molar-refractivity contribution in [2.24, 2.45) is 5.10 Å². The van der Waals surface area contributed by atoms with Gasteiger partial charge in [-0.05, 0) is 78.2 Å². The molecule has 0 saturated heterocycles. The molecular weight excluding hydrogens is 383 g/mol. The Balaban J connectivity index is 1.47. The van der Waals surface area contributed by atoms with E-state index < -0.39 is 0 Å². The van der Waals surface area contributed by atoms with E-state index >= 15 is 0 Å². The third-order valence-electron chi connectivity index (χ3n) is 4.17. The summed E-state index contributed by atoms with van der Waals surface area (Å²) in [4.78, 5) is 12.1. The van der Waals surface area contributed by atoms with Crippen molar-refractivity contribution in [1.29, 1.82) is 0 Å². The fourth-order valence-corrected chi connectivity index (χ4v) is 2.55. The first-order valence-electron chi connectivity index (χ1n) is 9.67. The summed E-state index contributed by atoms with van der Waals surface area (Å²) in [6, 6.07) is 20.4. The highest BCUT2D eigenvalue weighted by molar-refractivity contribution is 5.95. The molecule has 3 aromatic carbocycles. The van der Waals surface area contributed by atoms with Crippen molar-refractivity contribution in [2.45, 2.75) is 20.0 Å². The molecule has 0 fully saturated rings. The average molecular weight is 406 g/mol. The van der Waals surface area contributed by atoms with Gasteiger partial charge in [0.2, 0.25) is 0 Å². The van der Waals surface area contributed by atoms with Crippen LogP contribution in [0.3, 0.4) is 0 Å². The van der Waals surface area contributed by atoms with Crippen LogP contribution in [0.1, 0.15) is 34.8 Å². The highest BCUT2D eigenvalue weighted by Gasteiger charge is 2.04. The predicted molar refractivity (Wildman–Crippen MR) is 114 cm³/mol. The monoisotopic (exact) mass is 406 g/mol. The summed E-state index contributed by atoms with van der Waals surface area (Å²) in [6.45, 7) is 3.03. The van der Waals surface area contributed by atoms with E-state index in [0.717, 1.165) is 23.3 Å². The molecule has 154 valence electrons. The maximum Gasteiger partial charge on any atom is 0.271 e. The smallest absolute Gasteiger partial charge is 0.271 e. The van der Waals surface area contributed by atoms with Gasteiger partial charge in [-0.3, -0.25) is 4.79 Å². The lowest BCUT2D eigenvalue weighted by Gasteiger charge is -2.06. The normalized spacial score (nSPS) is 10.7. The van der Waals surface area contributed by atoms with Gasteiger partial charge in [-0.25, -0.2) is 9.82 Å². The quantitative estimate of drug-likeness (QED) is 0.404. The van der Waals surface area contributed by atoms with Crippen molar-refractivity contribution in [1.82, 2.24) is 5.43 Å². The summed E-state index contributed by atoms with van der Waals surface area (Å²) in [5, 5.41) is 3.99. The number of hydrazone groups is 1. The Morgan fingerprint density at radius 2 is 1.57 bits per heavy atom. The Morgan fingerprint density at radius 1 is 0.933 bits per heavy atom. The second-order valence-electron chi connectivity index (χ2n) is 6.56. The number of ether oxygens (including phenoxy) is 2. The number of nitrogens with one attached hydrogen (secondary N) is 1. The van der Waals surface area contributed by atoms with E-state index in [4.69, 9.17) is 9.47 Å². The lowest BCUT2D eigenvalue weighted by Crippen LogP contribution is -2.17. The van der Waals surface area contributed by atoms with E-state index in [2.05, 4.69) is 10.5 Å². The first-order valence-corrected chi connectivity index (χ1v) is 9.67. The van der Waals surface area contributed by atoms with E-state index in [1.54, 1.807) is 42.6 Å². The number of hydrogen-bond acceptors (Lipinski definition) is 4. The van der Waals surface area contributed by atoms with Crippen LogP contribution in [-0.2, 0) is 6.61 Å². The molecule has 1 amide bonds. The predicted octanol–water partition coefficient (Wildman–Crippen LogP) is 4.96. The number of nitrogens with zero attached hydrogens (tertiary/aromatic N) is 1. The standard InChI is InChI=1S/C24H23FN2O3/c1-2-15-29-22-13-7-20(8-14-22)24(28)27-26-16-18-5-11-23(12-6-18)30-17-19-3-9-21(25)10-4-19/h3-14,16H,2,15,17H2,1H3,(H,27,28)/b26-16-. The summed E-state index contributed by atoms with van der Waals surface area (Å²) in [5.74, 6) is 0.851. The van der Waals surface area contributed by atoms with Crippen molar-refractivity contribution in [3.63, 3.8) is 0 Å². The van der Waals surface area contributed by atoms with Gasteiger partial charge in [-0.1, -0.05) is 19.1 Å². The van der Waals surface area contributed by atoms with Gasteiger partial charge < -0.3 is 9.47 Å². The van der Waals surface area contributed by atoms with Crippen LogP contribution in [0.5, 0.6) is 11.5 Å². The minimum absolute atomic E-state index is 0.271. The second-order valence-corrected chi connectivity index (χ2v) is 6.56. The van der Waals surface area contributed by atoms with Gasteiger partial charge in [0.15, 0.2) is 0 Å². The van der Waals surface area contributed by atoms with E-state index in [1.165, 1.54) is 12.1 Å². The van der Waals surface area contributed by atoms with Crippen LogP contribution in [0, 0.1) is 5.82 Å². The molecule has 3 aromatic rings. The summed E-state index contributed by atoms with van der Waals surface area (Å²) >= 11 is 0. The summed E-state index contributed by atoms with van der Waals surface area (Å²) in [6.07, 6.45) is 2.48. The lowest BCUT2D eigenvalue weighted by atomic mass is 10.2. The fraction of sp³-hybridized carbons (Fsp3) is 0.167. The van der Waals surface area contributed by atoms with Crippen molar-refractivity contribution in [2.75, 3.05) is 6.61 Å². The lowest BCUT2D eigenvalue weighted by molar-refractivity contribution is 0.0955. The van der Waals surface area contributed by atoms with E-state index in [0.29, 0.717) is 24.5 Å². The van der Waals surface area contributed by atoms with Gasteiger partial charge in [0.1, 0.15) is 23.9 Å². The fourth-order valence-electron chi connectivity index (χ4n) is 2.55. The number of benzene rings is 3. The van der Waals surface area contributed by atoms with Gasteiger partial charge in [-0.2, -0.15) is 5.10 Å². The highest BCUT2D eigenvalue weighted by atomic mass is 19.1. The number of hydrogen-bond donors (Lipinski definition) is 1. The Bertz CT molecular complexity index is 969. The van der Waals surface area contributed by atoms with Gasteiger partial charge in [0, 0.05) is 5.56 Å². The molecule has 1 N–H and O–H groups in total. The van der Waals surface area contributed by atoms with E-state index in [9.17, 15) is 9.18 Å². The third kappa shape index (κ3) is 6.44. The molecule has 30 heavy (non-hydrogen) atoms. The van der Waals surface area contributed by atoms with Gasteiger partial charge >= 0.3 is 0 Å². The molecule has 6 heteroatoms. The Morgan fingerprint density at radius 3 is 2.23 bits per heavy atom. The molecule has 5 nitrogen and oxygen atoms in total. The number of rotatable bonds is 9. The van der Waals surface area contributed by atoms with Crippen LogP contribution in [-0.4, -0.2) is 18.7 Å². The molecule has 0 radical (unpaired) electrons. The molecular formula is C24H23FN2O3. The maximum absolute atomic E-state index is 12.9. The first kappa shape index (κ1) is 21.0. The van der Waals surface area contributed by atoms with Gasteiger partial charge in [0.25, 0.3) is 5.91 Å².